The van der Waals surface area contributed by atoms with Gasteiger partial charge in [-0.3, -0.25) is 9.69 Å². The highest BCUT2D eigenvalue weighted by molar-refractivity contribution is 8.01. The molecule has 0 N–H and O–H groups in total. The molecule has 0 saturated heterocycles. The van der Waals surface area contributed by atoms with Crippen LogP contribution in [0.3, 0.4) is 0 Å². The van der Waals surface area contributed by atoms with Gasteiger partial charge in [0, 0.05) is 16.0 Å². The van der Waals surface area contributed by atoms with Gasteiger partial charge in [-0.2, -0.15) is 0 Å². The third-order valence-corrected chi connectivity index (χ3v) is 7.77. The third-order valence-electron chi connectivity index (χ3n) is 4.47. The van der Waals surface area contributed by atoms with E-state index >= 15 is 0 Å². The number of fused-ring (bicyclic) bond motifs is 1. The first kappa shape index (κ1) is 18.7. The van der Waals surface area contributed by atoms with E-state index < -0.39 is 0 Å². The maximum atomic E-state index is 13.1. The molecule has 140 valence electrons. The highest BCUT2D eigenvalue weighted by atomic mass is 32.2. The molecule has 0 spiro atoms. The lowest BCUT2D eigenvalue weighted by Crippen LogP contribution is -2.31. The van der Waals surface area contributed by atoms with E-state index in [0.29, 0.717) is 12.3 Å². The average molecular weight is 416 g/mol. The van der Waals surface area contributed by atoms with Gasteiger partial charge in [-0.1, -0.05) is 42.1 Å². The number of thiazole rings is 2. The van der Waals surface area contributed by atoms with Gasteiger partial charge < -0.3 is 0 Å². The second-order valence-corrected chi connectivity index (χ2v) is 9.73. The molecule has 0 bridgehead atoms. The maximum absolute atomic E-state index is 13.1. The number of aryl methyl sites for hydroxylation is 3. The summed E-state index contributed by atoms with van der Waals surface area (Å²) in [4.78, 5) is 25.6. The summed E-state index contributed by atoms with van der Waals surface area (Å²) in [6.07, 6.45) is 4.54. The molecule has 1 aromatic carbocycles. The van der Waals surface area contributed by atoms with E-state index in [-0.39, 0.29) is 5.91 Å². The van der Waals surface area contributed by atoms with Crippen molar-refractivity contribution >= 4 is 45.5 Å². The van der Waals surface area contributed by atoms with Crippen molar-refractivity contribution in [2.45, 2.75) is 43.5 Å². The van der Waals surface area contributed by atoms with Crippen molar-refractivity contribution in [2.24, 2.45) is 0 Å². The van der Waals surface area contributed by atoms with Crippen LogP contribution in [0.2, 0.25) is 0 Å². The summed E-state index contributed by atoms with van der Waals surface area (Å²) in [5.74, 6) is 0.465. The predicted octanol–water partition coefficient (Wildman–Crippen LogP) is 5.11. The van der Waals surface area contributed by atoms with Crippen LogP contribution >= 0.6 is 34.4 Å². The largest absolute Gasteiger partial charge is 0.283 e. The van der Waals surface area contributed by atoms with Crippen LogP contribution < -0.4 is 4.90 Å². The van der Waals surface area contributed by atoms with E-state index in [4.69, 9.17) is 4.98 Å². The highest BCUT2D eigenvalue weighted by Crippen LogP contribution is 2.33. The van der Waals surface area contributed by atoms with E-state index in [1.807, 2.05) is 35.4 Å². The molecule has 0 fully saturated rings. The van der Waals surface area contributed by atoms with Crippen molar-refractivity contribution in [1.82, 2.24) is 9.97 Å². The minimum Gasteiger partial charge on any atom is -0.283 e. The van der Waals surface area contributed by atoms with Crippen molar-refractivity contribution in [3.05, 3.63) is 57.5 Å². The Bertz CT molecular complexity index is 896. The van der Waals surface area contributed by atoms with Crippen molar-refractivity contribution < 1.29 is 4.79 Å². The minimum absolute atomic E-state index is 0.0859. The van der Waals surface area contributed by atoms with Crippen LogP contribution in [0.15, 0.2) is 40.1 Å². The van der Waals surface area contributed by atoms with Crippen LogP contribution in [0.5, 0.6) is 0 Å². The quantitative estimate of drug-likeness (QED) is 0.525. The molecule has 0 atom stereocenters. The fourth-order valence-corrected chi connectivity index (χ4v) is 5.97. The zero-order valence-electron chi connectivity index (χ0n) is 15.2. The van der Waals surface area contributed by atoms with Crippen LogP contribution in [0.25, 0.3) is 0 Å². The molecular formula is C20H21N3OS3. The maximum Gasteiger partial charge on any atom is 0.239 e. The van der Waals surface area contributed by atoms with Crippen molar-refractivity contribution in [3.63, 3.8) is 0 Å². The van der Waals surface area contributed by atoms with Gasteiger partial charge in [0.25, 0.3) is 0 Å². The van der Waals surface area contributed by atoms with Crippen molar-refractivity contribution in [3.8, 4) is 0 Å². The van der Waals surface area contributed by atoms with Gasteiger partial charge in [-0.25, -0.2) is 9.97 Å². The fraction of sp³-hybridized carbons (Fsp3) is 0.350. The molecule has 3 aromatic rings. The molecule has 2 heterocycles. The molecule has 2 aromatic heterocycles. The molecule has 0 unspecified atom stereocenters. The highest BCUT2D eigenvalue weighted by Gasteiger charge is 2.23. The first-order valence-corrected chi connectivity index (χ1v) is 11.7. The van der Waals surface area contributed by atoms with Crippen LogP contribution in [-0.2, 0) is 24.2 Å². The van der Waals surface area contributed by atoms with Gasteiger partial charge in [0.2, 0.25) is 5.91 Å². The zero-order chi connectivity index (χ0) is 18.6. The third kappa shape index (κ3) is 4.59. The summed E-state index contributed by atoms with van der Waals surface area (Å²) >= 11 is 4.79. The number of carbonyl (C=O) groups excluding carboxylic acids is 1. The number of anilines is 1. The van der Waals surface area contributed by atoms with Crippen LogP contribution in [0, 0.1) is 6.92 Å². The molecular weight excluding hydrogens is 394 g/mol. The van der Waals surface area contributed by atoms with E-state index in [2.05, 4.69) is 17.1 Å². The average Bonchev–Trinajstić information content (AvgIpc) is 3.30. The Labute approximate surface area is 171 Å². The van der Waals surface area contributed by atoms with E-state index in [9.17, 15) is 4.79 Å². The van der Waals surface area contributed by atoms with Gasteiger partial charge in [0.05, 0.1) is 18.0 Å². The molecule has 4 rings (SSSR count). The van der Waals surface area contributed by atoms with Crippen LogP contribution in [0.1, 0.15) is 34.7 Å². The van der Waals surface area contributed by atoms with E-state index in [1.54, 1.807) is 22.7 Å². The number of rotatable bonds is 6. The molecule has 0 saturated carbocycles. The molecule has 1 aliphatic rings. The topological polar surface area (TPSA) is 46.1 Å². The molecule has 1 aliphatic carbocycles. The lowest BCUT2D eigenvalue weighted by Gasteiger charge is -2.19. The SMILES string of the molecule is Cc1csc(SCC(=O)N(Cc2ccccc2)c2nc3c(s2)CCCC3)n1. The second kappa shape index (κ2) is 8.54. The monoisotopic (exact) mass is 415 g/mol. The van der Waals surface area contributed by atoms with E-state index in [1.165, 1.54) is 35.2 Å². The fourth-order valence-electron chi connectivity index (χ4n) is 3.08. The molecule has 27 heavy (non-hydrogen) atoms. The summed E-state index contributed by atoms with van der Waals surface area (Å²) in [5.41, 5.74) is 3.31. The molecule has 0 radical (unpaired) electrons. The Kier molecular flexibility index (Phi) is 5.90. The summed E-state index contributed by atoms with van der Waals surface area (Å²) in [5, 5.41) is 2.86. The molecule has 1 amide bonds. The van der Waals surface area contributed by atoms with Gasteiger partial charge in [-0.15, -0.1) is 22.7 Å². The summed E-state index contributed by atoms with van der Waals surface area (Å²) in [7, 11) is 0. The summed E-state index contributed by atoms with van der Waals surface area (Å²) in [6.45, 7) is 2.54. The lowest BCUT2D eigenvalue weighted by molar-refractivity contribution is -0.116. The number of thioether (sulfide) groups is 1. The Morgan fingerprint density at radius 2 is 2.00 bits per heavy atom. The first-order chi connectivity index (χ1) is 13.2. The Morgan fingerprint density at radius 1 is 1.19 bits per heavy atom. The second-order valence-electron chi connectivity index (χ2n) is 6.58. The van der Waals surface area contributed by atoms with E-state index in [0.717, 1.165) is 33.6 Å². The lowest BCUT2D eigenvalue weighted by atomic mass is 10.0. The number of hydrogen-bond donors (Lipinski definition) is 0. The van der Waals surface area contributed by atoms with Crippen LogP contribution in [-0.4, -0.2) is 21.6 Å². The number of benzene rings is 1. The molecule has 0 aliphatic heterocycles. The minimum atomic E-state index is 0.0859. The van der Waals surface area contributed by atoms with Crippen molar-refractivity contribution in [2.75, 3.05) is 10.7 Å². The zero-order valence-corrected chi connectivity index (χ0v) is 17.6. The number of nitrogens with zero attached hydrogens (tertiary/aromatic N) is 3. The number of amides is 1. The summed E-state index contributed by atoms with van der Waals surface area (Å²) in [6, 6.07) is 10.1. The van der Waals surface area contributed by atoms with Gasteiger partial charge >= 0.3 is 0 Å². The Hall–Kier alpha value is -1.70. The normalized spacial score (nSPS) is 13.4. The van der Waals surface area contributed by atoms with Gasteiger partial charge in [-0.05, 0) is 38.2 Å². The molecule has 7 heteroatoms. The van der Waals surface area contributed by atoms with Gasteiger partial charge in [0.1, 0.15) is 0 Å². The molecule has 4 nitrogen and oxygen atoms in total. The van der Waals surface area contributed by atoms with Crippen molar-refractivity contribution in [1.29, 1.82) is 0 Å². The predicted molar refractivity (Wildman–Crippen MR) is 114 cm³/mol. The number of aromatic nitrogens is 2. The Morgan fingerprint density at radius 3 is 2.74 bits per heavy atom. The Balaban J connectivity index is 1.55. The van der Waals surface area contributed by atoms with Gasteiger partial charge in [0.15, 0.2) is 9.47 Å². The number of carbonyl (C=O) groups is 1. The summed E-state index contributed by atoms with van der Waals surface area (Å²) < 4.78 is 0.943. The van der Waals surface area contributed by atoms with Crippen LogP contribution in [0.4, 0.5) is 5.13 Å². The number of hydrogen-bond acceptors (Lipinski definition) is 6. The first-order valence-electron chi connectivity index (χ1n) is 9.07. The standard InChI is InChI=1S/C20H21N3OS3/c1-14-12-25-20(21-14)26-13-18(24)23(11-15-7-3-2-4-8-15)19-22-16-9-5-6-10-17(16)27-19/h2-4,7-8,12H,5-6,9-11,13H2,1H3. The smallest absolute Gasteiger partial charge is 0.239 e.